The van der Waals surface area contributed by atoms with Crippen LogP contribution in [0.1, 0.15) is 23.6 Å². The highest BCUT2D eigenvalue weighted by molar-refractivity contribution is 9.10. The topological polar surface area (TPSA) is 98.1 Å². The van der Waals surface area contributed by atoms with Crippen molar-refractivity contribution < 1.29 is 14.3 Å². The Hall–Kier alpha value is -3.20. The van der Waals surface area contributed by atoms with Crippen LogP contribution in [0.4, 0.5) is 11.6 Å². The van der Waals surface area contributed by atoms with Crippen molar-refractivity contribution in [2.24, 2.45) is 0 Å². The lowest BCUT2D eigenvalue weighted by Crippen LogP contribution is -2.30. The van der Waals surface area contributed by atoms with Gasteiger partial charge in [0.05, 0.1) is 12.5 Å². The minimum atomic E-state index is -0.381. The zero-order valence-electron chi connectivity index (χ0n) is 15.6. The highest BCUT2D eigenvalue weighted by Gasteiger charge is 2.30. The first-order valence-corrected chi connectivity index (χ1v) is 9.77. The highest BCUT2D eigenvalue weighted by atomic mass is 79.9. The van der Waals surface area contributed by atoms with Gasteiger partial charge in [-0.3, -0.25) is 14.9 Å². The third-order valence-electron chi connectivity index (χ3n) is 4.52. The van der Waals surface area contributed by atoms with Crippen LogP contribution in [-0.4, -0.2) is 33.2 Å². The van der Waals surface area contributed by atoms with Crippen LogP contribution in [0.25, 0.3) is 0 Å². The van der Waals surface area contributed by atoms with Crippen LogP contribution < -0.4 is 15.4 Å². The Morgan fingerprint density at radius 2 is 2.10 bits per heavy atom. The second kappa shape index (κ2) is 8.04. The number of aromatic nitrogens is 3. The molecule has 0 bridgehead atoms. The summed E-state index contributed by atoms with van der Waals surface area (Å²) in [5.74, 6) is 0.465. The van der Waals surface area contributed by atoms with Crippen molar-refractivity contribution in [3.05, 3.63) is 64.4 Å². The predicted octanol–water partition coefficient (Wildman–Crippen LogP) is 3.30. The van der Waals surface area contributed by atoms with Gasteiger partial charge in [0.1, 0.15) is 12.1 Å². The van der Waals surface area contributed by atoms with Gasteiger partial charge in [0.15, 0.2) is 6.61 Å². The molecule has 1 aliphatic heterocycles. The number of ether oxygens (including phenoxy) is 1. The van der Waals surface area contributed by atoms with Crippen LogP contribution >= 0.6 is 15.9 Å². The smallest absolute Gasteiger partial charge is 0.262 e. The number of halogens is 1. The predicted molar refractivity (Wildman–Crippen MR) is 111 cm³/mol. The maximum Gasteiger partial charge on any atom is 0.262 e. The summed E-state index contributed by atoms with van der Waals surface area (Å²) in [5.41, 5.74) is 2.56. The first-order valence-electron chi connectivity index (χ1n) is 8.98. The molecule has 8 nitrogen and oxygen atoms in total. The van der Waals surface area contributed by atoms with Gasteiger partial charge in [0.25, 0.3) is 5.91 Å². The van der Waals surface area contributed by atoms with Crippen LogP contribution in [0.3, 0.4) is 0 Å². The number of anilines is 2. The minimum Gasteiger partial charge on any atom is -0.483 e. The van der Waals surface area contributed by atoms with Gasteiger partial charge in [-0.05, 0) is 37.3 Å². The molecule has 1 aromatic heterocycles. The molecule has 0 radical (unpaired) electrons. The summed E-state index contributed by atoms with van der Waals surface area (Å²) in [7, 11) is 0. The standard InChI is InChI=1S/C20H18BrN5O3/c1-12-2-5-14(6-3-12)24-19(28)10-29-17-7-4-13(21)8-15(17)16-9-18(27)25-20-22-11-23-26(16)20/h2-8,11,16H,9-10H2,1H3,(H,24,28)(H,22,23,25,27). The van der Waals surface area contributed by atoms with Gasteiger partial charge >= 0.3 is 0 Å². The van der Waals surface area contributed by atoms with E-state index in [4.69, 9.17) is 4.74 Å². The Morgan fingerprint density at radius 3 is 2.90 bits per heavy atom. The lowest BCUT2D eigenvalue weighted by molar-refractivity contribution is -0.118. The second-order valence-electron chi connectivity index (χ2n) is 6.68. The number of amides is 2. The number of hydrogen-bond donors (Lipinski definition) is 2. The monoisotopic (exact) mass is 455 g/mol. The van der Waals surface area contributed by atoms with E-state index in [-0.39, 0.29) is 30.9 Å². The normalized spacial score (nSPS) is 15.4. The highest BCUT2D eigenvalue weighted by Crippen LogP contribution is 2.36. The van der Waals surface area contributed by atoms with Gasteiger partial charge in [-0.15, -0.1) is 0 Å². The number of benzene rings is 2. The number of carbonyl (C=O) groups excluding carboxylic acids is 2. The first-order chi connectivity index (χ1) is 14.0. The maximum absolute atomic E-state index is 12.3. The zero-order chi connectivity index (χ0) is 20.4. The summed E-state index contributed by atoms with van der Waals surface area (Å²) < 4.78 is 8.28. The molecule has 2 heterocycles. The van der Waals surface area contributed by atoms with Gasteiger partial charge in [0, 0.05) is 15.7 Å². The van der Waals surface area contributed by atoms with Crippen LogP contribution in [0, 0.1) is 6.92 Å². The Balaban J connectivity index is 1.53. The third kappa shape index (κ3) is 4.29. The number of fused-ring (bicyclic) bond motifs is 1. The molecule has 0 saturated carbocycles. The zero-order valence-corrected chi connectivity index (χ0v) is 17.1. The summed E-state index contributed by atoms with van der Waals surface area (Å²) in [5, 5.41) is 9.71. The second-order valence-corrected chi connectivity index (χ2v) is 7.60. The summed E-state index contributed by atoms with van der Waals surface area (Å²) in [4.78, 5) is 28.5. The molecule has 2 N–H and O–H groups in total. The molecule has 2 aromatic carbocycles. The molecule has 0 aliphatic carbocycles. The molecule has 1 aliphatic rings. The van der Waals surface area contributed by atoms with Crippen molar-refractivity contribution in [1.29, 1.82) is 0 Å². The van der Waals surface area contributed by atoms with E-state index in [9.17, 15) is 9.59 Å². The molecule has 1 atom stereocenters. The molecule has 1 unspecified atom stereocenters. The molecule has 0 spiro atoms. The fourth-order valence-corrected chi connectivity index (χ4v) is 3.51. The SMILES string of the molecule is Cc1ccc(NC(=O)COc2ccc(Br)cc2C2CC(=O)Nc3ncnn32)cc1. The molecular formula is C20H18BrN5O3. The first kappa shape index (κ1) is 19.1. The number of aryl methyl sites for hydroxylation is 1. The van der Waals surface area contributed by atoms with Crippen molar-refractivity contribution in [1.82, 2.24) is 14.8 Å². The van der Waals surface area contributed by atoms with E-state index >= 15 is 0 Å². The van der Waals surface area contributed by atoms with Gasteiger partial charge in [-0.2, -0.15) is 10.1 Å². The number of carbonyl (C=O) groups is 2. The van der Waals surface area contributed by atoms with E-state index in [1.54, 1.807) is 10.7 Å². The molecule has 9 heteroatoms. The van der Waals surface area contributed by atoms with E-state index in [0.717, 1.165) is 15.6 Å². The van der Waals surface area contributed by atoms with Crippen molar-refractivity contribution in [2.75, 3.05) is 17.2 Å². The van der Waals surface area contributed by atoms with Crippen LogP contribution in [-0.2, 0) is 9.59 Å². The van der Waals surface area contributed by atoms with Crippen molar-refractivity contribution in [3.8, 4) is 5.75 Å². The number of hydrogen-bond acceptors (Lipinski definition) is 5. The Morgan fingerprint density at radius 1 is 1.31 bits per heavy atom. The van der Waals surface area contributed by atoms with E-state index in [1.165, 1.54) is 6.33 Å². The van der Waals surface area contributed by atoms with Gasteiger partial charge in [-0.1, -0.05) is 33.6 Å². The van der Waals surface area contributed by atoms with E-state index in [1.807, 2.05) is 43.3 Å². The van der Waals surface area contributed by atoms with Gasteiger partial charge in [-0.25, -0.2) is 4.68 Å². The fraction of sp³-hybridized carbons (Fsp3) is 0.200. The Kier molecular flexibility index (Phi) is 5.30. The van der Waals surface area contributed by atoms with Crippen LogP contribution in [0.15, 0.2) is 53.3 Å². The minimum absolute atomic E-state index is 0.154. The van der Waals surface area contributed by atoms with E-state index in [2.05, 4.69) is 36.6 Å². The molecule has 2 amide bonds. The Bertz CT molecular complexity index is 1060. The molecular weight excluding hydrogens is 438 g/mol. The summed E-state index contributed by atoms with van der Waals surface area (Å²) in [6.45, 7) is 1.82. The molecule has 0 fully saturated rings. The summed E-state index contributed by atoms with van der Waals surface area (Å²) >= 11 is 3.46. The van der Waals surface area contributed by atoms with Crippen LogP contribution in [0.2, 0.25) is 0 Å². The fourth-order valence-electron chi connectivity index (χ4n) is 3.14. The number of nitrogens with one attached hydrogen (secondary N) is 2. The van der Waals surface area contributed by atoms with Gasteiger partial charge < -0.3 is 10.1 Å². The number of nitrogens with zero attached hydrogens (tertiary/aromatic N) is 3. The lowest BCUT2D eigenvalue weighted by Gasteiger charge is -2.25. The van der Waals surface area contributed by atoms with Crippen molar-refractivity contribution >= 4 is 39.4 Å². The summed E-state index contributed by atoms with van der Waals surface area (Å²) in [6.07, 6.45) is 1.58. The average molecular weight is 456 g/mol. The molecule has 4 rings (SSSR count). The molecule has 29 heavy (non-hydrogen) atoms. The molecule has 0 saturated heterocycles. The number of rotatable bonds is 5. The summed E-state index contributed by atoms with van der Waals surface area (Å²) in [6, 6.07) is 12.6. The molecule has 148 valence electrons. The quantitative estimate of drug-likeness (QED) is 0.614. The van der Waals surface area contributed by atoms with Crippen LogP contribution in [0.5, 0.6) is 5.75 Å². The van der Waals surface area contributed by atoms with Crippen molar-refractivity contribution in [2.45, 2.75) is 19.4 Å². The molecule has 3 aromatic rings. The third-order valence-corrected chi connectivity index (χ3v) is 5.02. The van der Waals surface area contributed by atoms with Gasteiger partial charge in [0.2, 0.25) is 11.9 Å². The Labute approximate surface area is 175 Å². The average Bonchev–Trinajstić information content (AvgIpc) is 3.16. The van der Waals surface area contributed by atoms with Crippen molar-refractivity contribution in [3.63, 3.8) is 0 Å². The van der Waals surface area contributed by atoms with E-state index in [0.29, 0.717) is 17.4 Å². The largest absolute Gasteiger partial charge is 0.483 e. The lowest BCUT2D eigenvalue weighted by atomic mass is 10.0. The van der Waals surface area contributed by atoms with E-state index < -0.39 is 0 Å². The maximum atomic E-state index is 12.3.